The van der Waals surface area contributed by atoms with Crippen LogP contribution >= 0.6 is 0 Å². The third kappa shape index (κ3) is 4.87. The Labute approximate surface area is 123 Å². The maximum atomic E-state index is 13.6. The molecule has 0 heterocycles. The quantitative estimate of drug-likeness (QED) is 0.877. The largest absolute Gasteiger partial charge is 0.494 e. The van der Waals surface area contributed by atoms with E-state index in [-0.39, 0.29) is 22.4 Å². The molecule has 0 aliphatic carbocycles. The van der Waals surface area contributed by atoms with Crippen molar-refractivity contribution in [1.29, 1.82) is 0 Å². The zero-order chi connectivity index (χ0) is 15.3. The number of methoxy groups -OCH3 is 1. The molecule has 1 rings (SSSR count). The number of hydrogen-bond donors (Lipinski definition) is 1. The van der Waals surface area contributed by atoms with E-state index in [0.29, 0.717) is 12.3 Å². The van der Waals surface area contributed by atoms with Gasteiger partial charge in [-0.25, -0.2) is 4.39 Å². The third-order valence-corrected chi connectivity index (χ3v) is 5.04. The van der Waals surface area contributed by atoms with Crippen LogP contribution in [0.2, 0.25) is 0 Å². The summed E-state index contributed by atoms with van der Waals surface area (Å²) in [6.07, 6.45) is 0. The number of rotatable bonds is 6. The molecule has 1 aromatic rings. The summed E-state index contributed by atoms with van der Waals surface area (Å²) in [4.78, 5) is 0. The van der Waals surface area contributed by atoms with Crippen LogP contribution in [0.4, 0.5) is 4.39 Å². The Morgan fingerprint density at radius 2 is 2.05 bits per heavy atom. The summed E-state index contributed by atoms with van der Waals surface area (Å²) < 4.78 is 30.2. The van der Waals surface area contributed by atoms with E-state index in [9.17, 15) is 8.60 Å². The minimum absolute atomic E-state index is 0.00683. The second kappa shape index (κ2) is 7.18. The molecule has 0 bridgehead atoms. The first-order chi connectivity index (χ1) is 9.25. The minimum atomic E-state index is -0.876. The van der Waals surface area contributed by atoms with Crippen molar-refractivity contribution in [3.05, 3.63) is 29.6 Å². The van der Waals surface area contributed by atoms with Gasteiger partial charge in [0.1, 0.15) is 0 Å². The van der Waals surface area contributed by atoms with Crippen LogP contribution in [0.15, 0.2) is 18.2 Å². The van der Waals surface area contributed by atoms with Crippen LogP contribution in [-0.2, 0) is 10.8 Å². The first-order valence-corrected chi connectivity index (χ1v) is 8.03. The Hall–Kier alpha value is -0.940. The Kier molecular flexibility index (Phi) is 6.14. The second-order valence-corrected chi connectivity index (χ2v) is 8.06. The summed E-state index contributed by atoms with van der Waals surface area (Å²) >= 11 is 0. The lowest BCUT2D eigenvalue weighted by atomic mass is 10.1. The van der Waals surface area contributed by atoms with Gasteiger partial charge in [0.15, 0.2) is 11.6 Å². The SMILES string of the molecule is COc1ccc([C@H](C)NCC[S@](=O)C(C)(C)C)cc1F. The Morgan fingerprint density at radius 1 is 1.40 bits per heavy atom. The molecule has 0 aliphatic heterocycles. The van der Waals surface area contributed by atoms with Crippen molar-refractivity contribution in [3.63, 3.8) is 0 Å². The fourth-order valence-electron chi connectivity index (χ4n) is 1.74. The molecule has 0 fully saturated rings. The van der Waals surface area contributed by atoms with Crippen molar-refractivity contribution in [3.8, 4) is 5.75 Å². The highest BCUT2D eigenvalue weighted by Gasteiger charge is 2.19. The van der Waals surface area contributed by atoms with Gasteiger partial charge >= 0.3 is 0 Å². The Balaban J connectivity index is 2.53. The zero-order valence-corrected chi connectivity index (χ0v) is 13.6. The molecule has 0 aromatic heterocycles. The van der Waals surface area contributed by atoms with Gasteiger partial charge in [-0.15, -0.1) is 0 Å². The van der Waals surface area contributed by atoms with Crippen LogP contribution in [-0.4, -0.2) is 28.4 Å². The summed E-state index contributed by atoms with van der Waals surface area (Å²) in [5.41, 5.74) is 0.852. The molecular weight excluding hydrogens is 277 g/mol. The Bertz CT molecular complexity index is 471. The van der Waals surface area contributed by atoms with Gasteiger partial charge in [0, 0.05) is 33.9 Å². The van der Waals surface area contributed by atoms with Crippen molar-refractivity contribution in [2.75, 3.05) is 19.4 Å². The van der Waals surface area contributed by atoms with Gasteiger partial charge in [-0.2, -0.15) is 0 Å². The fourth-order valence-corrected chi connectivity index (χ4v) is 2.66. The third-order valence-electron chi connectivity index (χ3n) is 3.10. The summed E-state index contributed by atoms with van der Waals surface area (Å²) in [5.74, 6) is 0.471. The number of ether oxygens (including phenoxy) is 1. The number of benzene rings is 1. The molecule has 114 valence electrons. The van der Waals surface area contributed by atoms with Crippen LogP contribution in [0.3, 0.4) is 0 Å². The molecular formula is C15H24FNO2S. The molecule has 0 aliphatic rings. The number of halogens is 1. The molecule has 5 heteroatoms. The molecule has 3 nitrogen and oxygen atoms in total. The molecule has 0 saturated heterocycles. The first-order valence-electron chi connectivity index (χ1n) is 6.71. The van der Waals surface area contributed by atoms with E-state index in [1.807, 2.05) is 33.8 Å². The van der Waals surface area contributed by atoms with E-state index >= 15 is 0 Å². The molecule has 0 spiro atoms. The smallest absolute Gasteiger partial charge is 0.165 e. The number of nitrogens with one attached hydrogen (secondary N) is 1. The van der Waals surface area contributed by atoms with E-state index in [2.05, 4.69) is 5.32 Å². The van der Waals surface area contributed by atoms with Gasteiger partial charge in [-0.3, -0.25) is 4.21 Å². The van der Waals surface area contributed by atoms with Crippen LogP contribution in [0.1, 0.15) is 39.3 Å². The normalized spacial score (nSPS) is 14.9. The predicted octanol–water partition coefficient (Wildman–Crippen LogP) is 3.03. The molecule has 2 atom stereocenters. The molecule has 0 saturated carbocycles. The van der Waals surface area contributed by atoms with Crippen LogP contribution in [0.25, 0.3) is 0 Å². The minimum Gasteiger partial charge on any atom is -0.494 e. The van der Waals surface area contributed by atoms with Crippen molar-refractivity contribution in [1.82, 2.24) is 5.32 Å². The number of hydrogen-bond acceptors (Lipinski definition) is 3. The van der Waals surface area contributed by atoms with Gasteiger partial charge in [-0.05, 0) is 45.4 Å². The van der Waals surface area contributed by atoms with Gasteiger partial charge in [0.2, 0.25) is 0 Å². The van der Waals surface area contributed by atoms with E-state index in [1.54, 1.807) is 6.07 Å². The second-order valence-electron chi connectivity index (χ2n) is 5.73. The highest BCUT2D eigenvalue weighted by Crippen LogP contribution is 2.21. The molecule has 1 N–H and O–H groups in total. The van der Waals surface area contributed by atoms with Crippen molar-refractivity contribution < 1.29 is 13.3 Å². The summed E-state index contributed by atoms with van der Waals surface area (Å²) in [6, 6.07) is 4.93. The van der Waals surface area contributed by atoms with Crippen LogP contribution < -0.4 is 10.1 Å². The van der Waals surface area contributed by atoms with Crippen molar-refractivity contribution in [2.24, 2.45) is 0 Å². The zero-order valence-electron chi connectivity index (χ0n) is 12.8. The predicted molar refractivity (Wildman–Crippen MR) is 82.1 cm³/mol. The average molecular weight is 301 g/mol. The lowest BCUT2D eigenvalue weighted by Gasteiger charge is -2.19. The molecule has 20 heavy (non-hydrogen) atoms. The molecule has 0 radical (unpaired) electrons. The van der Waals surface area contributed by atoms with E-state index < -0.39 is 10.8 Å². The summed E-state index contributed by atoms with van der Waals surface area (Å²) in [6.45, 7) is 8.49. The summed E-state index contributed by atoms with van der Waals surface area (Å²) in [5, 5.41) is 3.27. The lowest BCUT2D eigenvalue weighted by molar-refractivity contribution is 0.385. The van der Waals surface area contributed by atoms with E-state index in [1.165, 1.54) is 13.2 Å². The topological polar surface area (TPSA) is 38.3 Å². The standard InChI is InChI=1S/C15H24FNO2S/c1-11(17-8-9-20(18)15(2,3)4)12-6-7-14(19-5)13(16)10-12/h6-7,10-11,17H,8-9H2,1-5H3/t11-,20-/m0/s1. The van der Waals surface area contributed by atoms with Gasteiger partial charge in [0.05, 0.1) is 7.11 Å². The first kappa shape index (κ1) is 17.1. The van der Waals surface area contributed by atoms with E-state index in [0.717, 1.165) is 5.56 Å². The van der Waals surface area contributed by atoms with Gasteiger partial charge in [-0.1, -0.05) is 6.07 Å². The van der Waals surface area contributed by atoms with E-state index in [4.69, 9.17) is 4.74 Å². The highest BCUT2D eigenvalue weighted by atomic mass is 32.2. The molecule has 0 unspecified atom stereocenters. The maximum absolute atomic E-state index is 13.6. The lowest BCUT2D eigenvalue weighted by Crippen LogP contribution is -2.30. The van der Waals surface area contributed by atoms with Crippen molar-refractivity contribution in [2.45, 2.75) is 38.5 Å². The molecule has 1 aromatic carbocycles. The molecule has 0 amide bonds. The average Bonchev–Trinajstić information content (AvgIpc) is 2.37. The Morgan fingerprint density at radius 3 is 2.55 bits per heavy atom. The highest BCUT2D eigenvalue weighted by molar-refractivity contribution is 7.86. The van der Waals surface area contributed by atoms with Gasteiger partial charge < -0.3 is 10.1 Å². The van der Waals surface area contributed by atoms with Crippen molar-refractivity contribution >= 4 is 10.8 Å². The maximum Gasteiger partial charge on any atom is 0.165 e. The monoisotopic (exact) mass is 301 g/mol. The summed E-state index contributed by atoms with van der Waals surface area (Å²) in [7, 11) is 0.570. The van der Waals surface area contributed by atoms with Crippen LogP contribution in [0, 0.1) is 5.82 Å². The van der Waals surface area contributed by atoms with Gasteiger partial charge in [0.25, 0.3) is 0 Å². The van der Waals surface area contributed by atoms with Crippen LogP contribution in [0.5, 0.6) is 5.75 Å². The fraction of sp³-hybridized carbons (Fsp3) is 0.600.